The van der Waals surface area contributed by atoms with E-state index >= 15 is 0 Å². The first-order chi connectivity index (χ1) is 7.46. The van der Waals surface area contributed by atoms with E-state index in [1.807, 2.05) is 13.8 Å². The Labute approximate surface area is 93.8 Å². The Morgan fingerprint density at radius 1 is 1.62 bits per heavy atom. The first kappa shape index (κ1) is 12.4. The molecule has 6 nitrogen and oxygen atoms in total. The first-order valence-corrected chi connectivity index (χ1v) is 4.82. The van der Waals surface area contributed by atoms with Crippen LogP contribution in [0, 0.1) is 10.1 Å². The second kappa shape index (κ2) is 4.89. The van der Waals surface area contributed by atoms with Crippen molar-refractivity contribution in [1.82, 2.24) is 4.98 Å². The Morgan fingerprint density at radius 2 is 2.31 bits per heavy atom. The van der Waals surface area contributed by atoms with Crippen molar-refractivity contribution in [2.45, 2.75) is 19.4 Å². The number of nitrogens with one attached hydrogen (secondary N) is 1. The number of nitro groups is 1. The standard InChI is InChI=1S/C10H15N3O3/c1-10(2,7-16-3)12-8-4-5-11-6-9(8)13(14)15/h4-6H,7H2,1-3H3,(H,11,12). The summed E-state index contributed by atoms with van der Waals surface area (Å²) >= 11 is 0. The molecule has 16 heavy (non-hydrogen) atoms. The fourth-order valence-electron chi connectivity index (χ4n) is 1.40. The predicted molar refractivity (Wildman–Crippen MR) is 60.5 cm³/mol. The molecule has 0 radical (unpaired) electrons. The van der Waals surface area contributed by atoms with Crippen LogP contribution in [0.15, 0.2) is 18.5 Å². The molecule has 0 saturated carbocycles. The van der Waals surface area contributed by atoms with Crippen molar-refractivity contribution in [1.29, 1.82) is 0 Å². The molecule has 0 aliphatic heterocycles. The van der Waals surface area contributed by atoms with Gasteiger partial charge >= 0.3 is 5.69 Å². The van der Waals surface area contributed by atoms with Gasteiger partial charge in [0.1, 0.15) is 11.9 Å². The summed E-state index contributed by atoms with van der Waals surface area (Å²) in [4.78, 5) is 14.0. The molecule has 0 bridgehead atoms. The van der Waals surface area contributed by atoms with E-state index in [1.54, 1.807) is 13.2 Å². The third-order valence-electron chi connectivity index (χ3n) is 1.97. The number of methoxy groups -OCH3 is 1. The molecule has 0 aliphatic rings. The second-order valence-corrected chi connectivity index (χ2v) is 4.09. The lowest BCUT2D eigenvalue weighted by Gasteiger charge is -2.26. The van der Waals surface area contributed by atoms with E-state index in [0.29, 0.717) is 12.3 Å². The summed E-state index contributed by atoms with van der Waals surface area (Å²) < 4.78 is 5.03. The van der Waals surface area contributed by atoms with Crippen molar-refractivity contribution >= 4 is 11.4 Å². The van der Waals surface area contributed by atoms with Gasteiger partial charge in [-0.05, 0) is 19.9 Å². The number of hydrogen-bond acceptors (Lipinski definition) is 5. The Bertz CT molecular complexity index is 379. The highest BCUT2D eigenvalue weighted by Gasteiger charge is 2.22. The molecule has 0 amide bonds. The van der Waals surface area contributed by atoms with Crippen molar-refractivity contribution in [3.05, 3.63) is 28.6 Å². The molecule has 0 aromatic carbocycles. The molecule has 0 atom stereocenters. The van der Waals surface area contributed by atoms with Crippen molar-refractivity contribution in [3.63, 3.8) is 0 Å². The highest BCUT2D eigenvalue weighted by atomic mass is 16.6. The third-order valence-corrected chi connectivity index (χ3v) is 1.97. The van der Waals surface area contributed by atoms with Gasteiger partial charge in [0.15, 0.2) is 0 Å². The number of ether oxygens (including phenoxy) is 1. The number of pyridine rings is 1. The van der Waals surface area contributed by atoms with Crippen LogP contribution in [-0.2, 0) is 4.74 Å². The van der Waals surface area contributed by atoms with Gasteiger partial charge in [0, 0.05) is 13.3 Å². The topological polar surface area (TPSA) is 77.3 Å². The van der Waals surface area contributed by atoms with E-state index < -0.39 is 4.92 Å². The maximum Gasteiger partial charge on any atom is 0.310 e. The summed E-state index contributed by atoms with van der Waals surface area (Å²) in [6.07, 6.45) is 2.74. The molecule has 0 saturated heterocycles. The maximum atomic E-state index is 10.8. The van der Waals surface area contributed by atoms with E-state index in [4.69, 9.17) is 4.74 Å². The number of anilines is 1. The van der Waals surface area contributed by atoms with Crippen molar-refractivity contribution in [2.75, 3.05) is 19.0 Å². The predicted octanol–water partition coefficient (Wildman–Crippen LogP) is 1.83. The first-order valence-electron chi connectivity index (χ1n) is 4.82. The Balaban J connectivity index is 2.92. The van der Waals surface area contributed by atoms with Gasteiger partial charge in [-0.2, -0.15) is 0 Å². The largest absolute Gasteiger partial charge is 0.382 e. The summed E-state index contributed by atoms with van der Waals surface area (Å²) in [6.45, 7) is 4.26. The molecule has 1 aromatic rings. The molecule has 0 fully saturated rings. The van der Waals surface area contributed by atoms with Gasteiger partial charge in [0.2, 0.25) is 0 Å². The van der Waals surface area contributed by atoms with Gasteiger partial charge in [-0.1, -0.05) is 0 Å². The SMILES string of the molecule is COCC(C)(C)Nc1ccncc1[N+](=O)[O-]. The lowest BCUT2D eigenvalue weighted by atomic mass is 10.1. The zero-order valence-electron chi connectivity index (χ0n) is 9.56. The highest BCUT2D eigenvalue weighted by Crippen LogP contribution is 2.25. The molecule has 1 rings (SSSR count). The van der Waals surface area contributed by atoms with Crippen LogP contribution in [0.4, 0.5) is 11.4 Å². The molecule has 0 unspecified atom stereocenters. The summed E-state index contributed by atoms with van der Waals surface area (Å²) in [5.74, 6) is 0. The van der Waals surface area contributed by atoms with Crippen molar-refractivity contribution < 1.29 is 9.66 Å². The van der Waals surface area contributed by atoms with Crippen molar-refractivity contribution in [2.24, 2.45) is 0 Å². The highest BCUT2D eigenvalue weighted by molar-refractivity contribution is 5.60. The molecular formula is C10H15N3O3. The average molecular weight is 225 g/mol. The van der Waals surface area contributed by atoms with Crippen molar-refractivity contribution in [3.8, 4) is 0 Å². The third kappa shape index (κ3) is 3.16. The Hall–Kier alpha value is -1.69. The molecule has 1 N–H and O–H groups in total. The number of rotatable bonds is 5. The smallest absolute Gasteiger partial charge is 0.310 e. The molecule has 0 aliphatic carbocycles. The fraction of sp³-hybridized carbons (Fsp3) is 0.500. The quantitative estimate of drug-likeness (QED) is 0.611. The van der Waals surface area contributed by atoms with Gasteiger partial charge in [0.25, 0.3) is 0 Å². The summed E-state index contributed by atoms with van der Waals surface area (Å²) in [5, 5.41) is 13.8. The van der Waals surface area contributed by atoms with Gasteiger partial charge in [-0.25, -0.2) is 0 Å². The molecule has 0 spiro atoms. The van der Waals surface area contributed by atoms with E-state index in [1.165, 1.54) is 12.4 Å². The van der Waals surface area contributed by atoms with Gasteiger partial charge < -0.3 is 10.1 Å². The molecular weight excluding hydrogens is 210 g/mol. The normalized spacial score (nSPS) is 11.2. The minimum atomic E-state index is -0.460. The second-order valence-electron chi connectivity index (χ2n) is 4.09. The van der Waals surface area contributed by atoms with Crippen LogP contribution in [0.5, 0.6) is 0 Å². The van der Waals surface area contributed by atoms with E-state index in [0.717, 1.165) is 0 Å². The van der Waals surface area contributed by atoms with Crippen LogP contribution in [0.1, 0.15) is 13.8 Å². The zero-order chi connectivity index (χ0) is 12.2. The minimum Gasteiger partial charge on any atom is -0.382 e. The fourth-order valence-corrected chi connectivity index (χ4v) is 1.40. The van der Waals surface area contributed by atoms with E-state index in [9.17, 15) is 10.1 Å². The molecule has 1 heterocycles. The van der Waals surface area contributed by atoms with Crippen LogP contribution in [0.3, 0.4) is 0 Å². The average Bonchev–Trinajstić information content (AvgIpc) is 2.17. The maximum absolute atomic E-state index is 10.8. The number of aromatic nitrogens is 1. The van der Waals surface area contributed by atoms with Crippen LogP contribution in [0.25, 0.3) is 0 Å². The molecule has 1 aromatic heterocycles. The van der Waals surface area contributed by atoms with Crippen LogP contribution < -0.4 is 5.32 Å². The molecule has 88 valence electrons. The zero-order valence-corrected chi connectivity index (χ0v) is 9.56. The van der Waals surface area contributed by atoms with Crippen LogP contribution >= 0.6 is 0 Å². The Kier molecular flexibility index (Phi) is 3.78. The van der Waals surface area contributed by atoms with Crippen LogP contribution in [0.2, 0.25) is 0 Å². The lowest BCUT2D eigenvalue weighted by molar-refractivity contribution is -0.384. The number of nitrogens with zero attached hydrogens (tertiary/aromatic N) is 2. The monoisotopic (exact) mass is 225 g/mol. The summed E-state index contributed by atoms with van der Waals surface area (Å²) in [7, 11) is 1.59. The van der Waals surface area contributed by atoms with E-state index in [2.05, 4.69) is 10.3 Å². The Morgan fingerprint density at radius 3 is 2.88 bits per heavy atom. The molecule has 6 heteroatoms. The van der Waals surface area contributed by atoms with Gasteiger partial charge in [-0.3, -0.25) is 15.1 Å². The summed E-state index contributed by atoms with van der Waals surface area (Å²) in [5.41, 5.74) is 0.0367. The van der Waals surface area contributed by atoms with Gasteiger partial charge in [-0.15, -0.1) is 0 Å². The van der Waals surface area contributed by atoms with Gasteiger partial charge in [0.05, 0.1) is 17.1 Å². The van der Waals surface area contributed by atoms with E-state index in [-0.39, 0.29) is 11.2 Å². The van der Waals surface area contributed by atoms with Crippen LogP contribution in [-0.4, -0.2) is 29.2 Å². The number of hydrogen-bond donors (Lipinski definition) is 1. The minimum absolute atomic E-state index is 0.0355. The summed E-state index contributed by atoms with van der Waals surface area (Å²) in [6, 6.07) is 1.58. The lowest BCUT2D eigenvalue weighted by Crippen LogP contribution is -2.36.